The summed E-state index contributed by atoms with van der Waals surface area (Å²) >= 11 is 6.51. The molecule has 0 N–H and O–H groups in total. The van der Waals surface area contributed by atoms with Gasteiger partial charge < -0.3 is 0 Å². The minimum Gasteiger partial charge on any atom is -0.122 e. The standard InChI is InChI=1S/C16H17Cl/c1-11-9-15(11)16(17)10-13-7-4-6-12-5-2-3-8-14(12)13/h2-8,11,15-16H,9-10H2,1H3. The van der Waals surface area contributed by atoms with Crippen molar-refractivity contribution in [3.63, 3.8) is 0 Å². The van der Waals surface area contributed by atoms with E-state index in [0.29, 0.717) is 5.38 Å². The van der Waals surface area contributed by atoms with Crippen LogP contribution in [0.15, 0.2) is 42.5 Å². The number of halogens is 1. The predicted molar refractivity (Wildman–Crippen MR) is 74.6 cm³/mol. The molecule has 0 bridgehead atoms. The Labute approximate surface area is 108 Å². The quantitative estimate of drug-likeness (QED) is 0.690. The molecule has 0 nitrogen and oxygen atoms in total. The van der Waals surface area contributed by atoms with Gasteiger partial charge in [-0.15, -0.1) is 11.6 Å². The highest BCUT2D eigenvalue weighted by Gasteiger charge is 2.38. The van der Waals surface area contributed by atoms with Crippen molar-refractivity contribution in [3.05, 3.63) is 48.0 Å². The lowest BCUT2D eigenvalue weighted by atomic mass is 9.99. The second-order valence-electron chi connectivity index (χ2n) is 5.24. The average Bonchev–Trinajstić information content (AvgIpc) is 3.07. The van der Waals surface area contributed by atoms with Crippen LogP contribution in [-0.4, -0.2) is 5.38 Å². The third kappa shape index (κ3) is 2.19. The van der Waals surface area contributed by atoms with Gasteiger partial charge >= 0.3 is 0 Å². The Morgan fingerprint density at radius 1 is 1.18 bits per heavy atom. The van der Waals surface area contributed by atoms with E-state index in [-0.39, 0.29) is 0 Å². The van der Waals surface area contributed by atoms with Gasteiger partial charge in [-0.3, -0.25) is 0 Å². The molecule has 88 valence electrons. The van der Waals surface area contributed by atoms with E-state index in [1.165, 1.54) is 22.8 Å². The third-order valence-electron chi connectivity index (χ3n) is 3.93. The summed E-state index contributed by atoms with van der Waals surface area (Å²) in [7, 11) is 0. The summed E-state index contributed by atoms with van der Waals surface area (Å²) in [6.07, 6.45) is 2.30. The lowest BCUT2D eigenvalue weighted by Crippen LogP contribution is -2.07. The molecular weight excluding hydrogens is 228 g/mol. The maximum atomic E-state index is 6.51. The molecule has 3 unspecified atom stereocenters. The molecular formula is C16H17Cl. The van der Waals surface area contributed by atoms with Crippen LogP contribution >= 0.6 is 11.6 Å². The number of rotatable bonds is 3. The Morgan fingerprint density at radius 2 is 1.88 bits per heavy atom. The molecule has 0 radical (unpaired) electrons. The van der Waals surface area contributed by atoms with Gasteiger partial charge in [0.05, 0.1) is 0 Å². The molecule has 0 saturated heterocycles. The van der Waals surface area contributed by atoms with Crippen LogP contribution in [0.25, 0.3) is 10.8 Å². The summed E-state index contributed by atoms with van der Waals surface area (Å²) in [5, 5.41) is 2.97. The normalized spacial score (nSPS) is 24.8. The van der Waals surface area contributed by atoms with E-state index in [2.05, 4.69) is 49.4 Å². The first-order chi connectivity index (χ1) is 8.25. The van der Waals surface area contributed by atoms with Crippen molar-refractivity contribution in [2.75, 3.05) is 0 Å². The Kier molecular flexibility index (Phi) is 2.84. The fraction of sp³-hybridized carbons (Fsp3) is 0.375. The minimum absolute atomic E-state index is 0.302. The molecule has 2 aromatic rings. The van der Waals surface area contributed by atoms with E-state index >= 15 is 0 Å². The zero-order valence-electron chi connectivity index (χ0n) is 10.1. The van der Waals surface area contributed by atoms with Crippen LogP contribution in [0.2, 0.25) is 0 Å². The van der Waals surface area contributed by atoms with Crippen LogP contribution in [0.5, 0.6) is 0 Å². The molecule has 0 amide bonds. The van der Waals surface area contributed by atoms with Crippen LogP contribution in [0, 0.1) is 11.8 Å². The van der Waals surface area contributed by atoms with Crippen molar-refractivity contribution < 1.29 is 0 Å². The van der Waals surface area contributed by atoms with Gasteiger partial charge in [0.15, 0.2) is 0 Å². The van der Waals surface area contributed by atoms with Crippen LogP contribution in [-0.2, 0) is 6.42 Å². The highest BCUT2D eigenvalue weighted by molar-refractivity contribution is 6.21. The summed E-state index contributed by atoms with van der Waals surface area (Å²) < 4.78 is 0. The van der Waals surface area contributed by atoms with Gasteiger partial charge in [-0.2, -0.15) is 0 Å². The highest BCUT2D eigenvalue weighted by atomic mass is 35.5. The van der Waals surface area contributed by atoms with E-state index in [0.717, 1.165) is 18.3 Å². The topological polar surface area (TPSA) is 0 Å². The molecule has 0 aliphatic heterocycles. The smallest absolute Gasteiger partial charge is 0.0407 e. The first-order valence-electron chi connectivity index (χ1n) is 6.36. The number of alkyl halides is 1. The molecule has 17 heavy (non-hydrogen) atoms. The van der Waals surface area contributed by atoms with Gasteiger partial charge in [0.2, 0.25) is 0 Å². The van der Waals surface area contributed by atoms with Crippen LogP contribution < -0.4 is 0 Å². The second-order valence-corrected chi connectivity index (χ2v) is 5.80. The van der Waals surface area contributed by atoms with Crippen molar-refractivity contribution in [3.8, 4) is 0 Å². The minimum atomic E-state index is 0.302. The second kappa shape index (κ2) is 4.34. The maximum Gasteiger partial charge on any atom is 0.0407 e. The van der Waals surface area contributed by atoms with E-state index in [1.807, 2.05) is 0 Å². The number of fused-ring (bicyclic) bond motifs is 1. The van der Waals surface area contributed by atoms with E-state index in [4.69, 9.17) is 11.6 Å². The molecule has 1 aliphatic rings. The Hall–Kier alpha value is -1.01. The molecule has 3 atom stereocenters. The van der Waals surface area contributed by atoms with Crippen LogP contribution in [0.4, 0.5) is 0 Å². The zero-order valence-corrected chi connectivity index (χ0v) is 10.8. The van der Waals surface area contributed by atoms with Gasteiger partial charge in [-0.25, -0.2) is 0 Å². The highest BCUT2D eigenvalue weighted by Crippen LogP contribution is 2.44. The van der Waals surface area contributed by atoms with Crippen molar-refractivity contribution in [1.29, 1.82) is 0 Å². The average molecular weight is 245 g/mol. The summed E-state index contributed by atoms with van der Waals surface area (Å²) in [5.41, 5.74) is 1.39. The molecule has 3 rings (SSSR count). The van der Waals surface area contributed by atoms with Crippen LogP contribution in [0.1, 0.15) is 18.9 Å². The van der Waals surface area contributed by atoms with E-state index < -0.39 is 0 Å². The van der Waals surface area contributed by atoms with Gasteiger partial charge in [0.1, 0.15) is 0 Å². The largest absolute Gasteiger partial charge is 0.122 e. The molecule has 2 aromatic carbocycles. The first kappa shape index (κ1) is 11.1. The Bertz CT molecular complexity index is 527. The monoisotopic (exact) mass is 244 g/mol. The predicted octanol–water partition coefficient (Wildman–Crippen LogP) is 4.65. The molecule has 1 aliphatic carbocycles. The van der Waals surface area contributed by atoms with Crippen molar-refractivity contribution in [2.24, 2.45) is 11.8 Å². The lowest BCUT2D eigenvalue weighted by Gasteiger charge is -2.11. The summed E-state index contributed by atoms with van der Waals surface area (Å²) in [5.74, 6) is 1.56. The number of benzene rings is 2. The van der Waals surface area contributed by atoms with Crippen molar-refractivity contribution in [1.82, 2.24) is 0 Å². The molecule has 0 spiro atoms. The van der Waals surface area contributed by atoms with Gasteiger partial charge in [-0.05, 0) is 41.0 Å². The first-order valence-corrected chi connectivity index (χ1v) is 6.80. The van der Waals surface area contributed by atoms with Crippen LogP contribution in [0.3, 0.4) is 0 Å². The summed E-state index contributed by atoms with van der Waals surface area (Å²) in [6, 6.07) is 15.1. The molecule has 0 heterocycles. The fourth-order valence-electron chi connectivity index (χ4n) is 2.69. The molecule has 0 aromatic heterocycles. The lowest BCUT2D eigenvalue weighted by molar-refractivity contribution is 0.685. The van der Waals surface area contributed by atoms with Crippen molar-refractivity contribution >= 4 is 22.4 Å². The summed E-state index contributed by atoms with van der Waals surface area (Å²) in [6.45, 7) is 2.29. The summed E-state index contributed by atoms with van der Waals surface area (Å²) in [4.78, 5) is 0. The van der Waals surface area contributed by atoms with Gasteiger partial charge in [0, 0.05) is 5.38 Å². The maximum absolute atomic E-state index is 6.51. The van der Waals surface area contributed by atoms with Crippen molar-refractivity contribution in [2.45, 2.75) is 25.1 Å². The zero-order chi connectivity index (χ0) is 11.8. The number of hydrogen-bond donors (Lipinski definition) is 0. The van der Waals surface area contributed by atoms with E-state index in [9.17, 15) is 0 Å². The molecule has 1 heteroatoms. The van der Waals surface area contributed by atoms with Gasteiger partial charge in [0.25, 0.3) is 0 Å². The fourth-order valence-corrected chi connectivity index (χ4v) is 3.20. The third-order valence-corrected chi connectivity index (χ3v) is 4.41. The SMILES string of the molecule is CC1CC1C(Cl)Cc1cccc2ccccc12. The number of hydrogen-bond acceptors (Lipinski definition) is 0. The molecule has 1 fully saturated rings. The Balaban J connectivity index is 1.89. The molecule has 1 saturated carbocycles. The van der Waals surface area contributed by atoms with Gasteiger partial charge in [-0.1, -0.05) is 49.4 Å². The Morgan fingerprint density at radius 3 is 2.65 bits per heavy atom. The van der Waals surface area contributed by atoms with E-state index in [1.54, 1.807) is 0 Å².